The van der Waals surface area contributed by atoms with Gasteiger partial charge in [0.15, 0.2) is 0 Å². The van der Waals surface area contributed by atoms with Gasteiger partial charge < -0.3 is 10.6 Å². The molecule has 0 radical (unpaired) electrons. The Morgan fingerprint density at radius 3 is 2.72 bits per heavy atom. The minimum absolute atomic E-state index is 0.0276. The SMILES string of the molecule is CCc1cccc(C)c1NC(=O)/C(C#N)=C\Nc1cccc(SC)c1. The number of thioether (sulfide) groups is 1. The van der Waals surface area contributed by atoms with Crippen LogP contribution >= 0.6 is 11.8 Å². The first kappa shape index (κ1) is 18.6. The quantitative estimate of drug-likeness (QED) is 0.448. The van der Waals surface area contributed by atoms with Crippen LogP contribution in [0.3, 0.4) is 0 Å². The molecule has 0 aliphatic carbocycles. The molecule has 0 aliphatic heterocycles. The Kier molecular flexibility index (Phi) is 6.67. The van der Waals surface area contributed by atoms with Crippen LogP contribution in [-0.4, -0.2) is 12.2 Å². The number of amides is 1. The fourth-order valence-corrected chi connectivity index (χ4v) is 2.86. The lowest BCUT2D eigenvalue weighted by Crippen LogP contribution is -2.16. The van der Waals surface area contributed by atoms with Crippen LogP contribution < -0.4 is 10.6 Å². The van der Waals surface area contributed by atoms with Gasteiger partial charge in [0.2, 0.25) is 0 Å². The first-order valence-electron chi connectivity index (χ1n) is 7.99. The van der Waals surface area contributed by atoms with E-state index in [9.17, 15) is 10.1 Å². The van der Waals surface area contributed by atoms with E-state index in [0.717, 1.165) is 33.8 Å². The molecular weight excluding hydrogens is 330 g/mol. The van der Waals surface area contributed by atoms with Gasteiger partial charge in [-0.2, -0.15) is 5.26 Å². The molecule has 2 rings (SSSR count). The Labute approximate surface area is 152 Å². The number of hydrogen-bond donors (Lipinski definition) is 2. The lowest BCUT2D eigenvalue weighted by Gasteiger charge is -2.12. The van der Waals surface area contributed by atoms with Gasteiger partial charge in [-0.15, -0.1) is 11.8 Å². The molecular formula is C20H21N3OS. The highest BCUT2D eigenvalue weighted by molar-refractivity contribution is 7.98. The minimum atomic E-state index is -0.417. The highest BCUT2D eigenvalue weighted by atomic mass is 32.2. The van der Waals surface area contributed by atoms with Crippen LogP contribution in [0.15, 0.2) is 59.1 Å². The summed E-state index contributed by atoms with van der Waals surface area (Å²) in [5.74, 6) is -0.417. The molecule has 0 atom stereocenters. The van der Waals surface area contributed by atoms with Gasteiger partial charge in [-0.3, -0.25) is 4.79 Å². The predicted octanol–water partition coefficient (Wildman–Crippen LogP) is 4.74. The van der Waals surface area contributed by atoms with E-state index in [1.165, 1.54) is 6.20 Å². The summed E-state index contributed by atoms with van der Waals surface area (Å²) >= 11 is 1.63. The summed E-state index contributed by atoms with van der Waals surface area (Å²) in [4.78, 5) is 13.6. The lowest BCUT2D eigenvalue weighted by molar-refractivity contribution is -0.112. The Hall–Kier alpha value is -2.71. The smallest absolute Gasteiger partial charge is 0.267 e. The monoisotopic (exact) mass is 351 g/mol. The number of anilines is 2. The predicted molar refractivity (Wildman–Crippen MR) is 105 cm³/mol. The van der Waals surface area contributed by atoms with E-state index >= 15 is 0 Å². The van der Waals surface area contributed by atoms with Crippen molar-refractivity contribution in [1.82, 2.24) is 0 Å². The topological polar surface area (TPSA) is 64.9 Å². The van der Waals surface area contributed by atoms with E-state index in [2.05, 4.69) is 10.6 Å². The maximum atomic E-state index is 12.5. The molecule has 5 heteroatoms. The number of nitriles is 1. The second kappa shape index (κ2) is 8.95. The second-order valence-electron chi connectivity index (χ2n) is 5.46. The van der Waals surface area contributed by atoms with E-state index in [1.807, 2.05) is 68.6 Å². The summed E-state index contributed by atoms with van der Waals surface area (Å²) in [6.45, 7) is 3.97. The maximum Gasteiger partial charge on any atom is 0.267 e. The van der Waals surface area contributed by atoms with E-state index in [4.69, 9.17) is 0 Å². The van der Waals surface area contributed by atoms with Crippen molar-refractivity contribution >= 4 is 29.0 Å². The Morgan fingerprint density at radius 2 is 2.04 bits per heavy atom. The third kappa shape index (κ3) is 4.88. The summed E-state index contributed by atoms with van der Waals surface area (Å²) in [6, 6.07) is 15.6. The fraction of sp³-hybridized carbons (Fsp3) is 0.200. The number of para-hydroxylation sites is 1. The van der Waals surface area contributed by atoms with Gasteiger partial charge in [-0.1, -0.05) is 31.2 Å². The zero-order chi connectivity index (χ0) is 18.2. The first-order chi connectivity index (χ1) is 12.1. The minimum Gasteiger partial charge on any atom is -0.360 e. The van der Waals surface area contributed by atoms with Gasteiger partial charge in [-0.25, -0.2) is 0 Å². The van der Waals surface area contributed by atoms with Crippen LogP contribution in [0.1, 0.15) is 18.1 Å². The normalized spacial score (nSPS) is 10.9. The number of carbonyl (C=O) groups excluding carboxylic acids is 1. The van der Waals surface area contributed by atoms with Crippen LogP contribution in [-0.2, 0) is 11.2 Å². The fourth-order valence-electron chi connectivity index (χ4n) is 2.40. The molecule has 0 unspecified atom stereocenters. The van der Waals surface area contributed by atoms with Crippen LogP contribution in [0, 0.1) is 18.3 Å². The molecule has 0 spiro atoms. The highest BCUT2D eigenvalue weighted by Gasteiger charge is 2.13. The summed E-state index contributed by atoms with van der Waals surface area (Å²) in [5.41, 5.74) is 3.66. The van der Waals surface area contributed by atoms with Crippen LogP contribution in [0.25, 0.3) is 0 Å². The van der Waals surface area contributed by atoms with Crippen molar-refractivity contribution in [2.75, 3.05) is 16.9 Å². The molecule has 0 aromatic heterocycles. The third-order valence-electron chi connectivity index (χ3n) is 3.80. The maximum absolute atomic E-state index is 12.5. The van der Waals surface area contributed by atoms with Crippen molar-refractivity contribution in [3.63, 3.8) is 0 Å². The highest BCUT2D eigenvalue weighted by Crippen LogP contribution is 2.22. The van der Waals surface area contributed by atoms with Gasteiger partial charge in [0.25, 0.3) is 5.91 Å². The number of hydrogen-bond acceptors (Lipinski definition) is 4. The standard InChI is InChI=1S/C20H21N3OS/c1-4-15-8-5-7-14(2)19(15)23-20(24)16(12-21)13-22-17-9-6-10-18(11-17)25-3/h5-11,13,22H,4H2,1-3H3,(H,23,24)/b16-13-. The Morgan fingerprint density at radius 1 is 1.28 bits per heavy atom. The molecule has 0 bridgehead atoms. The Bertz CT molecular complexity index is 837. The van der Waals surface area contributed by atoms with Gasteiger partial charge in [0, 0.05) is 22.5 Å². The number of nitrogens with one attached hydrogen (secondary N) is 2. The van der Waals surface area contributed by atoms with Crippen molar-refractivity contribution in [3.8, 4) is 6.07 Å². The summed E-state index contributed by atoms with van der Waals surface area (Å²) in [7, 11) is 0. The molecule has 0 aliphatic rings. The van der Waals surface area contributed by atoms with Gasteiger partial charge in [0.05, 0.1) is 0 Å². The van der Waals surface area contributed by atoms with E-state index in [-0.39, 0.29) is 5.57 Å². The van der Waals surface area contributed by atoms with Crippen LogP contribution in [0.4, 0.5) is 11.4 Å². The van der Waals surface area contributed by atoms with Crippen molar-refractivity contribution in [1.29, 1.82) is 5.26 Å². The molecule has 25 heavy (non-hydrogen) atoms. The summed E-state index contributed by atoms with van der Waals surface area (Å²) in [6.07, 6.45) is 4.25. The molecule has 2 aromatic rings. The van der Waals surface area contributed by atoms with Crippen LogP contribution in [0.2, 0.25) is 0 Å². The zero-order valence-electron chi connectivity index (χ0n) is 14.6. The van der Waals surface area contributed by atoms with Gasteiger partial charge in [-0.05, 0) is 48.9 Å². The van der Waals surface area contributed by atoms with Crippen molar-refractivity contribution in [3.05, 3.63) is 65.4 Å². The molecule has 0 fully saturated rings. The van der Waals surface area contributed by atoms with Gasteiger partial charge >= 0.3 is 0 Å². The second-order valence-corrected chi connectivity index (χ2v) is 6.34. The van der Waals surface area contributed by atoms with Gasteiger partial charge in [0.1, 0.15) is 11.6 Å². The van der Waals surface area contributed by atoms with E-state index in [1.54, 1.807) is 11.8 Å². The lowest BCUT2D eigenvalue weighted by atomic mass is 10.1. The summed E-state index contributed by atoms with van der Waals surface area (Å²) < 4.78 is 0. The average molecular weight is 351 g/mol. The van der Waals surface area contributed by atoms with Crippen molar-refractivity contribution < 1.29 is 4.79 Å². The first-order valence-corrected chi connectivity index (χ1v) is 9.22. The van der Waals surface area contributed by atoms with E-state index < -0.39 is 5.91 Å². The number of carbonyl (C=O) groups is 1. The average Bonchev–Trinajstić information content (AvgIpc) is 2.64. The Balaban J connectivity index is 2.17. The van der Waals surface area contributed by atoms with E-state index in [0.29, 0.717) is 0 Å². The summed E-state index contributed by atoms with van der Waals surface area (Å²) in [5, 5.41) is 15.2. The molecule has 1 amide bonds. The van der Waals surface area contributed by atoms with Crippen molar-refractivity contribution in [2.45, 2.75) is 25.2 Å². The largest absolute Gasteiger partial charge is 0.360 e. The molecule has 2 N–H and O–H groups in total. The number of benzene rings is 2. The number of nitrogens with zero attached hydrogens (tertiary/aromatic N) is 1. The molecule has 0 saturated heterocycles. The molecule has 4 nitrogen and oxygen atoms in total. The third-order valence-corrected chi connectivity index (χ3v) is 4.52. The molecule has 128 valence electrons. The molecule has 2 aromatic carbocycles. The molecule has 0 heterocycles. The van der Waals surface area contributed by atoms with Crippen LogP contribution in [0.5, 0.6) is 0 Å². The number of rotatable bonds is 6. The number of aryl methyl sites for hydroxylation is 2. The van der Waals surface area contributed by atoms with Crippen molar-refractivity contribution in [2.24, 2.45) is 0 Å². The zero-order valence-corrected chi connectivity index (χ0v) is 15.4. The molecule has 0 saturated carbocycles.